The van der Waals surface area contributed by atoms with E-state index in [4.69, 9.17) is 4.74 Å². The standard InChI is InChI=1S/C16H24O/c1-2-13-7-8-15-14(11-13)16(12-17-15)9-5-3-4-6-10-16/h13-15H,2,5-12H2,1H3. The predicted molar refractivity (Wildman–Crippen MR) is 69.5 cm³/mol. The van der Waals surface area contributed by atoms with Gasteiger partial charge in [-0.3, -0.25) is 0 Å². The van der Waals surface area contributed by atoms with Crippen LogP contribution >= 0.6 is 0 Å². The molecule has 0 amide bonds. The van der Waals surface area contributed by atoms with Gasteiger partial charge in [-0.25, -0.2) is 0 Å². The maximum Gasteiger partial charge on any atom is 0.0609 e. The number of hydrogen-bond donors (Lipinski definition) is 0. The van der Waals surface area contributed by atoms with Crippen molar-refractivity contribution >= 4 is 0 Å². The monoisotopic (exact) mass is 232 g/mol. The summed E-state index contributed by atoms with van der Waals surface area (Å²) in [5, 5.41) is 0. The number of hydrogen-bond acceptors (Lipinski definition) is 1. The van der Waals surface area contributed by atoms with Crippen LogP contribution in [0.4, 0.5) is 0 Å². The Morgan fingerprint density at radius 2 is 1.94 bits per heavy atom. The summed E-state index contributed by atoms with van der Waals surface area (Å²) in [7, 11) is 0. The molecule has 3 atom stereocenters. The van der Waals surface area contributed by atoms with Gasteiger partial charge in [-0.05, 0) is 43.9 Å². The Bertz CT molecular complexity index is 323. The normalized spacial score (nSPS) is 39.2. The van der Waals surface area contributed by atoms with Crippen LogP contribution in [-0.2, 0) is 4.74 Å². The Kier molecular flexibility index (Phi) is 3.17. The molecular weight excluding hydrogens is 208 g/mol. The second kappa shape index (κ2) is 4.65. The SMILES string of the molecule is CCC1CCC2OCC3(CCC#CCC3)C2C1. The zero-order valence-electron chi connectivity index (χ0n) is 11.0. The molecule has 1 saturated carbocycles. The van der Waals surface area contributed by atoms with Crippen molar-refractivity contribution in [1.82, 2.24) is 0 Å². The highest BCUT2D eigenvalue weighted by Crippen LogP contribution is 2.53. The molecule has 1 spiro atoms. The fraction of sp³-hybridized carbons (Fsp3) is 0.875. The summed E-state index contributed by atoms with van der Waals surface area (Å²) in [6, 6.07) is 0. The Hall–Kier alpha value is -0.480. The molecule has 0 aromatic rings. The second-order valence-electron chi connectivity index (χ2n) is 6.26. The lowest BCUT2D eigenvalue weighted by atomic mass is 9.63. The van der Waals surface area contributed by atoms with Crippen LogP contribution in [-0.4, -0.2) is 12.7 Å². The third kappa shape index (κ3) is 2.02. The van der Waals surface area contributed by atoms with Gasteiger partial charge in [0, 0.05) is 18.3 Å². The Balaban J connectivity index is 1.77. The van der Waals surface area contributed by atoms with E-state index in [9.17, 15) is 0 Å². The van der Waals surface area contributed by atoms with Gasteiger partial charge in [-0.15, -0.1) is 11.8 Å². The molecule has 0 radical (unpaired) electrons. The van der Waals surface area contributed by atoms with E-state index in [1.165, 1.54) is 38.5 Å². The van der Waals surface area contributed by atoms with Crippen molar-refractivity contribution < 1.29 is 4.74 Å². The van der Waals surface area contributed by atoms with Crippen LogP contribution in [0, 0.1) is 29.1 Å². The average Bonchev–Trinajstić information content (AvgIpc) is 2.56. The maximum absolute atomic E-state index is 6.14. The van der Waals surface area contributed by atoms with E-state index in [-0.39, 0.29) is 0 Å². The molecular formula is C16H24O. The molecule has 3 unspecified atom stereocenters. The summed E-state index contributed by atoms with van der Waals surface area (Å²) in [4.78, 5) is 0. The fourth-order valence-electron chi connectivity index (χ4n) is 4.26. The van der Waals surface area contributed by atoms with E-state index >= 15 is 0 Å². The molecule has 1 aliphatic heterocycles. The van der Waals surface area contributed by atoms with Gasteiger partial charge < -0.3 is 4.74 Å². The molecule has 2 aliphatic carbocycles. The van der Waals surface area contributed by atoms with Crippen LogP contribution < -0.4 is 0 Å². The summed E-state index contributed by atoms with van der Waals surface area (Å²) in [5.74, 6) is 8.42. The lowest BCUT2D eigenvalue weighted by Gasteiger charge is -2.39. The number of ether oxygens (including phenoxy) is 1. The summed E-state index contributed by atoms with van der Waals surface area (Å²) >= 11 is 0. The molecule has 3 aliphatic rings. The van der Waals surface area contributed by atoms with Crippen molar-refractivity contribution in [2.45, 2.75) is 64.4 Å². The average molecular weight is 232 g/mol. The first-order valence-corrected chi connectivity index (χ1v) is 7.41. The molecule has 1 heteroatoms. The Labute approximate surface area is 105 Å². The van der Waals surface area contributed by atoms with Crippen molar-refractivity contribution in [3.8, 4) is 11.8 Å². The Morgan fingerprint density at radius 1 is 1.18 bits per heavy atom. The zero-order valence-corrected chi connectivity index (χ0v) is 11.0. The molecule has 1 saturated heterocycles. The minimum atomic E-state index is 0.481. The van der Waals surface area contributed by atoms with Gasteiger partial charge in [0.1, 0.15) is 0 Å². The van der Waals surface area contributed by atoms with Crippen LogP contribution in [0.25, 0.3) is 0 Å². The second-order valence-corrected chi connectivity index (χ2v) is 6.26. The summed E-state index contributed by atoms with van der Waals surface area (Å²) < 4.78 is 6.14. The summed E-state index contributed by atoms with van der Waals surface area (Å²) in [6.07, 6.45) is 10.8. The summed E-state index contributed by atoms with van der Waals surface area (Å²) in [5.41, 5.74) is 0.481. The maximum atomic E-state index is 6.14. The van der Waals surface area contributed by atoms with Crippen LogP contribution in [0.1, 0.15) is 58.3 Å². The molecule has 0 bridgehead atoms. The van der Waals surface area contributed by atoms with Gasteiger partial charge in [0.2, 0.25) is 0 Å². The van der Waals surface area contributed by atoms with Crippen molar-refractivity contribution in [3.63, 3.8) is 0 Å². The quantitative estimate of drug-likeness (QED) is 0.625. The van der Waals surface area contributed by atoms with Crippen molar-refractivity contribution in [2.75, 3.05) is 6.61 Å². The molecule has 17 heavy (non-hydrogen) atoms. The largest absolute Gasteiger partial charge is 0.377 e. The number of rotatable bonds is 1. The van der Waals surface area contributed by atoms with Crippen molar-refractivity contribution in [2.24, 2.45) is 17.3 Å². The van der Waals surface area contributed by atoms with E-state index < -0.39 is 0 Å². The first-order chi connectivity index (χ1) is 8.34. The molecule has 1 heterocycles. The van der Waals surface area contributed by atoms with Gasteiger partial charge in [-0.1, -0.05) is 13.3 Å². The predicted octanol–water partition coefficient (Wildman–Crippen LogP) is 3.78. The van der Waals surface area contributed by atoms with Crippen LogP contribution in [0.2, 0.25) is 0 Å². The third-order valence-corrected chi connectivity index (χ3v) is 5.47. The lowest BCUT2D eigenvalue weighted by molar-refractivity contribution is 0.0500. The molecule has 94 valence electrons. The zero-order chi connectivity index (χ0) is 11.7. The fourth-order valence-corrected chi connectivity index (χ4v) is 4.26. The highest BCUT2D eigenvalue weighted by Gasteiger charge is 2.50. The van der Waals surface area contributed by atoms with Gasteiger partial charge in [0.25, 0.3) is 0 Å². The third-order valence-electron chi connectivity index (χ3n) is 5.47. The molecule has 3 rings (SSSR count). The molecule has 0 aromatic heterocycles. The van der Waals surface area contributed by atoms with E-state index in [2.05, 4.69) is 18.8 Å². The van der Waals surface area contributed by atoms with Gasteiger partial charge in [0.05, 0.1) is 12.7 Å². The van der Waals surface area contributed by atoms with E-state index in [0.717, 1.165) is 31.3 Å². The smallest absolute Gasteiger partial charge is 0.0609 e. The highest BCUT2D eigenvalue weighted by atomic mass is 16.5. The molecule has 0 N–H and O–H groups in total. The molecule has 1 nitrogen and oxygen atoms in total. The first kappa shape index (κ1) is 11.6. The van der Waals surface area contributed by atoms with Gasteiger partial charge in [0.15, 0.2) is 0 Å². The minimum Gasteiger partial charge on any atom is -0.377 e. The minimum absolute atomic E-state index is 0.481. The number of fused-ring (bicyclic) bond motifs is 2. The summed E-state index contributed by atoms with van der Waals surface area (Å²) in [6.45, 7) is 3.37. The first-order valence-electron chi connectivity index (χ1n) is 7.41. The highest BCUT2D eigenvalue weighted by molar-refractivity contribution is 5.08. The van der Waals surface area contributed by atoms with Crippen LogP contribution in [0.5, 0.6) is 0 Å². The van der Waals surface area contributed by atoms with Gasteiger partial charge >= 0.3 is 0 Å². The molecule has 0 aromatic carbocycles. The van der Waals surface area contributed by atoms with E-state index in [1.54, 1.807) is 0 Å². The van der Waals surface area contributed by atoms with Crippen LogP contribution in [0.3, 0.4) is 0 Å². The van der Waals surface area contributed by atoms with E-state index in [1.807, 2.05) is 0 Å². The Morgan fingerprint density at radius 3 is 2.65 bits per heavy atom. The van der Waals surface area contributed by atoms with Gasteiger partial charge in [-0.2, -0.15) is 0 Å². The van der Waals surface area contributed by atoms with E-state index in [0.29, 0.717) is 11.5 Å². The van der Waals surface area contributed by atoms with Crippen molar-refractivity contribution in [1.29, 1.82) is 0 Å². The van der Waals surface area contributed by atoms with Crippen LogP contribution in [0.15, 0.2) is 0 Å². The lowest BCUT2D eigenvalue weighted by Crippen LogP contribution is -2.36. The van der Waals surface area contributed by atoms with Crippen molar-refractivity contribution in [3.05, 3.63) is 0 Å². The topological polar surface area (TPSA) is 9.23 Å². The molecule has 2 fully saturated rings.